The first kappa shape index (κ1) is 16.7. The number of pyridine rings is 1. The third kappa shape index (κ3) is 2.78. The normalized spacial score (nSPS) is 25.9. The van der Waals surface area contributed by atoms with Crippen molar-refractivity contribution < 1.29 is 9.47 Å². The van der Waals surface area contributed by atoms with E-state index in [-0.39, 0.29) is 6.10 Å². The summed E-state index contributed by atoms with van der Waals surface area (Å²) in [5.74, 6) is 1.42. The molecular formula is C21H22N4O2. The number of ether oxygens (including phenoxy) is 2. The van der Waals surface area contributed by atoms with E-state index < -0.39 is 0 Å². The highest BCUT2D eigenvalue weighted by atomic mass is 16.5. The average Bonchev–Trinajstić information content (AvgIpc) is 3.35. The number of nitrogens with zero attached hydrogens (tertiary/aromatic N) is 4. The van der Waals surface area contributed by atoms with Gasteiger partial charge in [0.25, 0.3) is 0 Å². The SMILES string of the molecule is [C-]#[N+]c1ccc2ncc3nc([C@H]4CCOC4)n([C@@H]4CCO[C@H](C)C4)c3c2c1. The van der Waals surface area contributed by atoms with Crippen molar-refractivity contribution in [3.8, 4) is 0 Å². The molecule has 2 fully saturated rings. The van der Waals surface area contributed by atoms with Crippen molar-refractivity contribution in [2.75, 3.05) is 19.8 Å². The average molecular weight is 362 g/mol. The molecule has 0 N–H and O–H groups in total. The zero-order chi connectivity index (χ0) is 18.4. The Morgan fingerprint density at radius 2 is 2.15 bits per heavy atom. The molecule has 0 spiro atoms. The molecule has 2 aliphatic heterocycles. The van der Waals surface area contributed by atoms with Gasteiger partial charge >= 0.3 is 0 Å². The van der Waals surface area contributed by atoms with E-state index in [0.717, 1.165) is 66.8 Å². The number of hydrogen-bond acceptors (Lipinski definition) is 4. The van der Waals surface area contributed by atoms with Gasteiger partial charge in [-0.15, -0.1) is 0 Å². The van der Waals surface area contributed by atoms with Crippen LogP contribution in [0.1, 0.15) is 44.0 Å². The van der Waals surface area contributed by atoms with E-state index in [1.807, 2.05) is 24.4 Å². The predicted octanol–water partition coefficient (Wildman–Crippen LogP) is 4.38. The van der Waals surface area contributed by atoms with Crippen LogP contribution in [-0.2, 0) is 9.47 Å². The minimum atomic E-state index is 0.237. The molecule has 0 amide bonds. The molecule has 0 radical (unpaired) electrons. The maximum Gasteiger partial charge on any atom is 0.188 e. The van der Waals surface area contributed by atoms with Crippen LogP contribution in [0.2, 0.25) is 0 Å². The molecule has 3 aromatic rings. The molecule has 2 aromatic heterocycles. The molecule has 0 unspecified atom stereocenters. The lowest BCUT2D eigenvalue weighted by Gasteiger charge is -2.31. The van der Waals surface area contributed by atoms with Gasteiger partial charge in [-0.2, -0.15) is 0 Å². The monoisotopic (exact) mass is 362 g/mol. The smallest absolute Gasteiger partial charge is 0.188 e. The topological polar surface area (TPSA) is 53.5 Å². The maximum atomic E-state index is 7.39. The van der Waals surface area contributed by atoms with E-state index in [4.69, 9.17) is 21.0 Å². The van der Waals surface area contributed by atoms with Crippen LogP contribution in [0.25, 0.3) is 26.8 Å². The Morgan fingerprint density at radius 3 is 2.93 bits per heavy atom. The molecule has 2 saturated heterocycles. The number of benzene rings is 1. The third-order valence-corrected chi connectivity index (χ3v) is 5.77. The number of imidazole rings is 1. The van der Waals surface area contributed by atoms with E-state index in [1.54, 1.807) is 0 Å². The number of fused-ring (bicyclic) bond motifs is 3. The van der Waals surface area contributed by atoms with Crippen LogP contribution in [0, 0.1) is 6.57 Å². The Hall–Kier alpha value is -2.49. The molecule has 3 atom stereocenters. The number of hydrogen-bond donors (Lipinski definition) is 0. The summed E-state index contributed by atoms with van der Waals surface area (Å²) in [4.78, 5) is 13.2. The fourth-order valence-corrected chi connectivity index (χ4v) is 4.46. The Labute approximate surface area is 157 Å². The van der Waals surface area contributed by atoms with Gasteiger partial charge in [0.1, 0.15) is 11.3 Å². The van der Waals surface area contributed by atoms with Crippen LogP contribution in [0.5, 0.6) is 0 Å². The second-order valence-corrected chi connectivity index (χ2v) is 7.57. The van der Waals surface area contributed by atoms with Gasteiger partial charge in [-0.1, -0.05) is 6.07 Å². The second-order valence-electron chi connectivity index (χ2n) is 7.57. The maximum absolute atomic E-state index is 7.39. The van der Waals surface area contributed by atoms with E-state index in [1.165, 1.54) is 0 Å². The summed E-state index contributed by atoms with van der Waals surface area (Å²) >= 11 is 0. The van der Waals surface area contributed by atoms with Crippen LogP contribution in [-0.4, -0.2) is 40.5 Å². The summed E-state index contributed by atoms with van der Waals surface area (Å²) in [7, 11) is 0. The quantitative estimate of drug-likeness (QED) is 0.635. The first-order valence-electron chi connectivity index (χ1n) is 9.62. The Morgan fingerprint density at radius 1 is 1.22 bits per heavy atom. The summed E-state index contributed by atoms with van der Waals surface area (Å²) in [5.41, 5.74) is 3.55. The molecule has 0 bridgehead atoms. The van der Waals surface area contributed by atoms with Crippen LogP contribution in [0.4, 0.5) is 5.69 Å². The standard InChI is InChI=1S/C21H22N4O2/c1-13-9-16(6-8-27-13)25-20-17-10-15(22-2)3-4-18(17)23-11-19(20)24-21(25)14-5-7-26-12-14/h3-4,10-11,13-14,16H,5-9,12H2,1H3/t13-,14+,16-/m1/s1. The molecule has 1 aromatic carbocycles. The summed E-state index contributed by atoms with van der Waals surface area (Å²) in [6.07, 6.45) is 5.05. The lowest BCUT2D eigenvalue weighted by atomic mass is 10.0. The largest absolute Gasteiger partial charge is 0.381 e. The molecule has 4 heterocycles. The van der Waals surface area contributed by atoms with Crippen molar-refractivity contribution in [1.29, 1.82) is 0 Å². The summed E-state index contributed by atoms with van der Waals surface area (Å²) in [6.45, 7) is 11.8. The van der Waals surface area contributed by atoms with Crippen LogP contribution >= 0.6 is 0 Å². The van der Waals surface area contributed by atoms with Crippen molar-refractivity contribution >= 4 is 27.6 Å². The van der Waals surface area contributed by atoms with E-state index in [9.17, 15) is 0 Å². The summed E-state index contributed by atoms with van der Waals surface area (Å²) < 4.78 is 13.9. The Kier molecular flexibility index (Phi) is 4.07. The Bertz CT molecular complexity index is 1050. The minimum Gasteiger partial charge on any atom is -0.381 e. The van der Waals surface area contributed by atoms with Crippen molar-refractivity contribution in [1.82, 2.24) is 14.5 Å². The first-order chi connectivity index (χ1) is 13.2. The first-order valence-corrected chi connectivity index (χ1v) is 9.62. The Balaban J connectivity index is 1.79. The number of aromatic nitrogens is 3. The predicted molar refractivity (Wildman–Crippen MR) is 103 cm³/mol. The van der Waals surface area contributed by atoms with Gasteiger partial charge in [0, 0.05) is 30.6 Å². The second kappa shape index (κ2) is 6.59. The van der Waals surface area contributed by atoms with Crippen LogP contribution in [0.15, 0.2) is 24.4 Å². The van der Waals surface area contributed by atoms with Gasteiger partial charge < -0.3 is 14.0 Å². The highest BCUT2D eigenvalue weighted by Gasteiger charge is 2.31. The van der Waals surface area contributed by atoms with Gasteiger partial charge in [-0.05, 0) is 38.3 Å². The molecule has 6 heteroatoms. The number of rotatable bonds is 2. The molecule has 27 heavy (non-hydrogen) atoms. The van der Waals surface area contributed by atoms with Gasteiger partial charge in [0.05, 0.1) is 36.5 Å². The van der Waals surface area contributed by atoms with E-state index >= 15 is 0 Å². The molecule has 5 rings (SSSR count). The lowest BCUT2D eigenvalue weighted by Crippen LogP contribution is -2.27. The zero-order valence-electron chi connectivity index (χ0n) is 15.4. The van der Waals surface area contributed by atoms with Gasteiger partial charge in [-0.3, -0.25) is 4.98 Å². The molecule has 0 aliphatic carbocycles. The highest BCUT2D eigenvalue weighted by molar-refractivity contribution is 6.03. The van der Waals surface area contributed by atoms with Crippen molar-refractivity contribution in [2.24, 2.45) is 0 Å². The molecular weight excluding hydrogens is 340 g/mol. The molecule has 6 nitrogen and oxygen atoms in total. The van der Waals surface area contributed by atoms with Gasteiger partial charge in [-0.25, -0.2) is 9.83 Å². The molecule has 138 valence electrons. The third-order valence-electron chi connectivity index (χ3n) is 5.77. The van der Waals surface area contributed by atoms with Gasteiger partial charge in [0.15, 0.2) is 5.69 Å². The van der Waals surface area contributed by atoms with Crippen LogP contribution < -0.4 is 0 Å². The minimum absolute atomic E-state index is 0.237. The van der Waals surface area contributed by atoms with Gasteiger partial charge in [0.2, 0.25) is 0 Å². The molecule has 2 aliphatic rings. The van der Waals surface area contributed by atoms with Crippen molar-refractivity contribution in [3.63, 3.8) is 0 Å². The van der Waals surface area contributed by atoms with Crippen LogP contribution in [0.3, 0.4) is 0 Å². The molecule has 0 saturated carbocycles. The van der Waals surface area contributed by atoms with E-state index in [2.05, 4.69) is 21.3 Å². The fourth-order valence-electron chi connectivity index (χ4n) is 4.46. The van der Waals surface area contributed by atoms with E-state index in [0.29, 0.717) is 17.6 Å². The summed E-state index contributed by atoms with van der Waals surface area (Å²) in [6, 6.07) is 6.06. The summed E-state index contributed by atoms with van der Waals surface area (Å²) in [5, 5.41) is 1.01. The lowest BCUT2D eigenvalue weighted by molar-refractivity contribution is 0.00604. The fraction of sp³-hybridized carbons (Fsp3) is 0.476. The van der Waals surface area contributed by atoms with Crippen molar-refractivity contribution in [3.05, 3.63) is 41.6 Å². The zero-order valence-corrected chi connectivity index (χ0v) is 15.4. The van der Waals surface area contributed by atoms with Crippen molar-refractivity contribution in [2.45, 2.75) is 44.2 Å². The highest BCUT2D eigenvalue weighted by Crippen LogP contribution is 2.38.